The molecular weight excluding hydrogens is 204 g/mol. The van der Waals surface area contributed by atoms with Gasteiger partial charge < -0.3 is 15.5 Å². The summed E-state index contributed by atoms with van der Waals surface area (Å²) in [6.45, 7) is 3.15. The van der Waals surface area contributed by atoms with Gasteiger partial charge in [-0.2, -0.15) is 0 Å². The first-order valence-electron chi connectivity index (χ1n) is 5.07. The van der Waals surface area contributed by atoms with E-state index in [0.717, 1.165) is 11.5 Å². The normalized spacial score (nSPS) is 10.6. The molecule has 0 spiro atoms. The lowest BCUT2D eigenvalue weighted by Crippen LogP contribution is -2.14. The van der Waals surface area contributed by atoms with E-state index < -0.39 is 0 Å². The number of nitrogen functional groups attached to an aromatic ring is 1. The van der Waals surface area contributed by atoms with Crippen LogP contribution in [0.3, 0.4) is 0 Å². The molecule has 2 aromatic rings. The Morgan fingerprint density at radius 3 is 2.88 bits per heavy atom. The van der Waals surface area contributed by atoms with Gasteiger partial charge >= 0.3 is 0 Å². The van der Waals surface area contributed by atoms with Gasteiger partial charge in [-0.1, -0.05) is 0 Å². The fraction of sp³-hybridized carbons (Fsp3) is 0.273. The van der Waals surface area contributed by atoms with Crippen molar-refractivity contribution in [2.24, 2.45) is 0 Å². The van der Waals surface area contributed by atoms with Crippen LogP contribution in [0.15, 0.2) is 28.8 Å². The number of aromatic nitrogens is 2. The van der Waals surface area contributed by atoms with Crippen LogP contribution in [0.2, 0.25) is 0 Å². The Bertz CT molecular complexity index is 467. The molecule has 0 aliphatic heterocycles. The predicted octanol–water partition coefficient (Wildman–Crippen LogP) is 1.25. The molecule has 0 atom stereocenters. The Balaban J connectivity index is 1.84. The van der Waals surface area contributed by atoms with Crippen LogP contribution >= 0.6 is 0 Å². The van der Waals surface area contributed by atoms with Gasteiger partial charge in [-0.3, -0.25) is 0 Å². The van der Waals surface area contributed by atoms with Gasteiger partial charge in [0.1, 0.15) is 23.2 Å². The van der Waals surface area contributed by atoms with Crippen molar-refractivity contribution in [3.05, 3.63) is 41.7 Å². The summed E-state index contributed by atoms with van der Waals surface area (Å²) in [5.41, 5.74) is 5.55. The number of nitrogens with two attached hydrogens (primary N) is 1. The first-order valence-corrected chi connectivity index (χ1v) is 5.07. The average Bonchev–Trinajstić information content (AvgIpc) is 2.64. The molecule has 2 aromatic heterocycles. The second-order valence-corrected chi connectivity index (χ2v) is 3.51. The summed E-state index contributed by atoms with van der Waals surface area (Å²) >= 11 is 0. The van der Waals surface area contributed by atoms with Crippen molar-refractivity contribution in [1.29, 1.82) is 0 Å². The molecule has 0 aliphatic carbocycles. The number of hydrogen-bond donors (Lipinski definition) is 2. The molecule has 0 amide bonds. The molecule has 0 aliphatic rings. The molecular formula is C11H14N4O. The molecule has 2 rings (SSSR count). The minimum Gasteiger partial charge on any atom is -0.465 e. The van der Waals surface area contributed by atoms with E-state index in [2.05, 4.69) is 15.3 Å². The van der Waals surface area contributed by atoms with Gasteiger partial charge in [-0.05, 0) is 25.1 Å². The van der Waals surface area contributed by atoms with Crippen LogP contribution in [0.1, 0.15) is 17.3 Å². The number of rotatable bonds is 4. The van der Waals surface area contributed by atoms with E-state index in [1.54, 1.807) is 12.3 Å². The molecule has 0 unspecified atom stereocenters. The van der Waals surface area contributed by atoms with Crippen LogP contribution in [0.5, 0.6) is 0 Å². The molecule has 0 radical (unpaired) electrons. The van der Waals surface area contributed by atoms with Crippen molar-refractivity contribution in [3.63, 3.8) is 0 Å². The first kappa shape index (κ1) is 10.6. The summed E-state index contributed by atoms with van der Waals surface area (Å²) in [6.07, 6.45) is 1.65. The Morgan fingerprint density at radius 1 is 1.31 bits per heavy atom. The summed E-state index contributed by atoms with van der Waals surface area (Å²) in [7, 11) is 0. The van der Waals surface area contributed by atoms with Crippen molar-refractivity contribution in [2.75, 3.05) is 5.73 Å². The number of aryl methyl sites for hydroxylation is 1. The summed E-state index contributed by atoms with van der Waals surface area (Å²) in [5, 5.41) is 3.18. The van der Waals surface area contributed by atoms with Gasteiger partial charge in [-0.25, -0.2) is 9.97 Å². The van der Waals surface area contributed by atoms with Crippen molar-refractivity contribution in [3.8, 4) is 0 Å². The maximum atomic E-state index is 5.55. The molecule has 5 heteroatoms. The van der Waals surface area contributed by atoms with Gasteiger partial charge in [-0.15, -0.1) is 0 Å². The Hall–Kier alpha value is -1.88. The van der Waals surface area contributed by atoms with Gasteiger partial charge in [0.15, 0.2) is 0 Å². The first-order chi connectivity index (χ1) is 7.74. The average molecular weight is 218 g/mol. The largest absolute Gasteiger partial charge is 0.465 e. The fourth-order valence-corrected chi connectivity index (χ4v) is 1.38. The number of nitrogens with one attached hydrogen (secondary N) is 1. The zero-order valence-corrected chi connectivity index (χ0v) is 9.10. The van der Waals surface area contributed by atoms with E-state index in [1.807, 2.05) is 19.1 Å². The minimum atomic E-state index is 0.487. The molecule has 84 valence electrons. The molecule has 0 saturated carbocycles. The Morgan fingerprint density at radius 2 is 2.19 bits per heavy atom. The highest BCUT2D eigenvalue weighted by Gasteiger charge is 2.00. The second-order valence-electron chi connectivity index (χ2n) is 3.51. The van der Waals surface area contributed by atoms with Gasteiger partial charge in [0, 0.05) is 6.20 Å². The molecule has 3 N–H and O–H groups in total. The van der Waals surface area contributed by atoms with Crippen LogP contribution in [0.4, 0.5) is 5.82 Å². The van der Waals surface area contributed by atoms with Crippen molar-refractivity contribution < 1.29 is 4.42 Å². The van der Waals surface area contributed by atoms with Crippen molar-refractivity contribution in [1.82, 2.24) is 15.3 Å². The predicted molar refractivity (Wildman–Crippen MR) is 60.4 cm³/mol. The fourth-order valence-electron chi connectivity index (χ4n) is 1.38. The van der Waals surface area contributed by atoms with Crippen LogP contribution in [0.25, 0.3) is 0 Å². The Labute approximate surface area is 93.7 Å². The number of anilines is 1. The lowest BCUT2D eigenvalue weighted by molar-refractivity contribution is 0.460. The highest BCUT2D eigenvalue weighted by molar-refractivity contribution is 5.24. The third kappa shape index (κ3) is 2.80. The highest BCUT2D eigenvalue weighted by atomic mass is 16.3. The molecule has 0 saturated heterocycles. The Kier molecular flexibility index (Phi) is 3.16. The van der Waals surface area contributed by atoms with E-state index in [4.69, 9.17) is 10.2 Å². The molecule has 2 heterocycles. The zero-order chi connectivity index (χ0) is 11.4. The van der Waals surface area contributed by atoms with Gasteiger partial charge in [0.25, 0.3) is 0 Å². The van der Waals surface area contributed by atoms with Crippen LogP contribution < -0.4 is 11.1 Å². The maximum Gasteiger partial charge on any atom is 0.144 e. The van der Waals surface area contributed by atoms with E-state index in [9.17, 15) is 0 Å². The lowest BCUT2D eigenvalue weighted by Gasteiger charge is -2.02. The zero-order valence-electron chi connectivity index (χ0n) is 9.10. The van der Waals surface area contributed by atoms with Gasteiger partial charge in [0.05, 0.1) is 13.1 Å². The summed E-state index contributed by atoms with van der Waals surface area (Å²) < 4.78 is 5.42. The third-order valence-corrected chi connectivity index (χ3v) is 2.11. The SMILES string of the molecule is Cc1ccc(CNCc2nccc(N)n2)o1. The maximum absolute atomic E-state index is 5.55. The van der Waals surface area contributed by atoms with Crippen molar-refractivity contribution >= 4 is 5.82 Å². The van der Waals surface area contributed by atoms with E-state index in [0.29, 0.717) is 24.7 Å². The third-order valence-electron chi connectivity index (χ3n) is 2.11. The highest BCUT2D eigenvalue weighted by Crippen LogP contribution is 2.05. The standard InChI is InChI=1S/C11H14N4O/c1-8-2-3-9(16-8)6-13-7-11-14-5-4-10(12)15-11/h2-5,13H,6-7H2,1H3,(H2,12,14,15). The monoisotopic (exact) mass is 218 g/mol. The number of hydrogen-bond acceptors (Lipinski definition) is 5. The molecule has 0 bridgehead atoms. The number of furan rings is 1. The molecule has 0 aromatic carbocycles. The van der Waals surface area contributed by atoms with Gasteiger partial charge in [0.2, 0.25) is 0 Å². The van der Waals surface area contributed by atoms with E-state index >= 15 is 0 Å². The number of nitrogens with zero attached hydrogens (tertiary/aromatic N) is 2. The van der Waals surface area contributed by atoms with Crippen molar-refractivity contribution in [2.45, 2.75) is 20.0 Å². The summed E-state index contributed by atoms with van der Waals surface area (Å²) in [4.78, 5) is 8.17. The van der Waals surface area contributed by atoms with E-state index in [-0.39, 0.29) is 0 Å². The smallest absolute Gasteiger partial charge is 0.144 e. The molecule has 16 heavy (non-hydrogen) atoms. The van der Waals surface area contributed by atoms with E-state index in [1.165, 1.54) is 0 Å². The van der Waals surface area contributed by atoms with Crippen LogP contribution in [-0.2, 0) is 13.1 Å². The van der Waals surface area contributed by atoms with Crippen LogP contribution in [0, 0.1) is 6.92 Å². The summed E-state index contributed by atoms with van der Waals surface area (Å²) in [5.74, 6) is 2.99. The topological polar surface area (TPSA) is 77.0 Å². The summed E-state index contributed by atoms with van der Waals surface area (Å²) in [6, 6.07) is 5.55. The molecule has 0 fully saturated rings. The lowest BCUT2D eigenvalue weighted by atomic mass is 10.4. The minimum absolute atomic E-state index is 0.487. The quantitative estimate of drug-likeness (QED) is 0.807. The molecule has 5 nitrogen and oxygen atoms in total. The van der Waals surface area contributed by atoms with Crippen LogP contribution in [-0.4, -0.2) is 9.97 Å². The second kappa shape index (κ2) is 4.76.